The van der Waals surface area contributed by atoms with E-state index in [1.54, 1.807) is 24.3 Å². The van der Waals surface area contributed by atoms with E-state index in [9.17, 15) is 9.59 Å². The van der Waals surface area contributed by atoms with Gasteiger partial charge in [0, 0.05) is 18.5 Å². The highest BCUT2D eigenvalue weighted by Crippen LogP contribution is 2.15. The number of carboxylic acid groups (broad SMARTS) is 2. The Bertz CT molecular complexity index is 732. The summed E-state index contributed by atoms with van der Waals surface area (Å²) >= 11 is 0. The molecule has 1 aromatic carbocycles. The first-order valence-corrected chi connectivity index (χ1v) is 19.3. The van der Waals surface area contributed by atoms with Crippen LogP contribution in [0.5, 0.6) is 5.75 Å². The Morgan fingerprint density at radius 2 is 0.652 bits per heavy atom. The number of benzene rings is 1. The number of nitrogens with two attached hydrogens (primary N) is 1. The highest BCUT2D eigenvalue weighted by atomic mass is 16.4. The molecule has 0 spiro atoms. The number of hydrogen-bond acceptors (Lipinski definition) is 4. The number of phenolic OH excluding ortho intramolecular Hbond substituents is 1. The van der Waals surface area contributed by atoms with E-state index in [4.69, 9.17) is 21.1 Å². The second kappa shape index (κ2) is 38.9. The topological polar surface area (TPSA) is 121 Å². The van der Waals surface area contributed by atoms with Gasteiger partial charge in [-0.3, -0.25) is 9.59 Å². The zero-order chi connectivity index (χ0) is 34.4. The largest absolute Gasteiger partial charge is 0.508 e. The first kappa shape index (κ1) is 45.9. The van der Waals surface area contributed by atoms with Gasteiger partial charge in [-0.1, -0.05) is 181 Å². The van der Waals surface area contributed by atoms with Gasteiger partial charge in [0.05, 0.1) is 0 Å². The molecule has 0 aliphatic carbocycles. The van der Waals surface area contributed by atoms with Gasteiger partial charge in [0.15, 0.2) is 0 Å². The summed E-state index contributed by atoms with van der Waals surface area (Å²) in [6, 6.07) is 6.40. The number of phenols is 1. The fraction of sp³-hybridized carbons (Fsp3) is 0.800. The van der Waals surface area contributed by atoms with Crippen LogP contribution < -0.4 is 5.73 Å². The molecule has 0 radical (unpaired) electrons. The highest BCUT2D eigenvalue weighted by Gasteiger charge is 1.98. The Morgan fingerprint density at radius 1 is 0.435 bits per heavy atom. The van der Waals surface area contributed by atoms with Crippen LogP contribution in [0, 0.1) is 0 Å². The van der Waals surface area contributed by atoms with Gasteiger partial charge >= 0.3 is 11.9 Å². The average molecular weight is 650 g/mol. The molecule has 0 saturated carbocycles. The second-order valence-corrected chi connectivity index (χ2v) is 13.1. The summed E-state index contributed by atoms with van der Waals surface area (Å²) in [5.74, 6) is -1.06. The van der Waals surface area contributed by atoms with E-state index in [1.165, 1.54) is 154 Å². The van der Waals surface area contributed by atoms with E-state index in [2.05, 4.69) is 13.8 Å². The van der Waals surface area contributed by atoms with E-state index in [1.807, 2.05) is 0 Å². The smallest absolute Gasteiger partial charge is 0.303 e. The Morgan fingerprint density at radius 3 is 0.848 bits per heavy atom. The zero-order valence-electron chi connectivity index (χ0n) is 30.3. The third kappa shape index (κ3) is 43.9. The van der Waals surface area contributed by atoms with Crippen molar-refractivity contribution in [2.24, 2.45) is 0 Å². The van der Waals surface area contributed by atoms with Gasteiger partial charge in [0.25, 0.3) is 0 Å². The Labute approximate surface area is 284 Å². The molecule has 0 aliphatic heterocycles. The molecular formula is C40H75NO5. The number of carboxylic acids is 2. The number of nitrogen functional groups attached to an aromatic ring is 1. The van der Waals surface area contributed by atoms with Crippen molar-refractivity contribution in [2.45, 2.75) is 206 Å². The summed E-state index contributed by atoms with van der Waals surface area (Å²) < 4.78 is 0. The quantitative estimate of drug-likeness (QED) is 0.0374. The molecule has 6 heteroatoms. The molecule has 5 N–H and O–H groups in total. The predicted octanol–water partition coefficient (Wildman–Crippen LogP) is 12.9. The zero-order valence-corrected chi connectivity index (χ0v) is 30.3. The summed E-state index contributed by atoms with van der Waals surface area (Å²) in [4.78, 5) is 20.6. The maximum absolute atomic E-state index is 10.3. The predicted molar refractivity (Wildman–Crippen MR) is 198 cm³/mol. The van der Waals surface area contributed by atoms with Gasteiger partial charge < -0.3 is 21.1 Å². The average Bonchev–Trinajstić information content (AvgIpc) is 3.03. The van der Waals surface area contributed by atoms with Crippen molar-refractivity contribution >= 4 is 17.6 Å². The third-order valence-electron chi connectivity index (χ3n) is 8.38. The molecule has 0 atom stereocenters. The number of aromatic hydroxyl groups is 1. The van der Waals surface area contributed by atoms with Crippen LogP contribution in [0.15, 0.2) is 24.3 Å². The molecule has 1 rings (SSSR count). The van der Waals surface area contributed by atoms with Crippen molar-refractivity contribution in [1.82, 2.24) is 0 Å². The van der Waals surface area contributed by atoms with Crippen molar-refractivity contribution in [3.63, 3.8) is 0 Å². The molecule has 0 saturated heterocycles. The lowest BCUT2D eigenvalue weighted by atomic mass is 10.0. The van der Waals surface area contributed by atoms with Crippen LogP contribution in [0.4, 0.5) is 5.69 Å². The number of hydrogen-bond donors (Lipinski definition) is 4. The normalized spacial score (nSPS) is 10.5. The minimum Gasteiger partial charge on any atom is -0.508 e. The van der Waals surface area contributed by atoms with Gasteiger partial charge in [-0.25, -0.2) is 0 Å². The van der Waals surface area contributed by atoms with E-state index >= 15 is 0 Å². The summed E-state index contributed by atoms with van der Waals surface area (Å²) in [5.41, 5.74) is 5.98. The molecule has 0 fully saturated rings. The maximum Gasteiger partial charge on any atom is 0.303 e. The number of rotatable bonds is 30. The third-order valence-corrected chi connectivity index (χ3v) is 8.38. The molecule has 0 heterocycles. The number of aliphatic carboxylic acids is 2. The number of carbonyl (C=O) groups is 2. The van der Waals surface area contributed by atoms with E-state index < -0.39 is 11.9 Å². The monoisotopic (exact) mass is 650 g/mol. The lowest BCUT2D eigenvalue weighted by Crippen LogP contribution is -1.93. The molecular weight excluding hydrogens is 574 g/mol. The Hall–Kier alpha value is -2.24. The maximum atomic E-state index is 10.3. The Kier molecular flexibility index (Phi) is 38.8. The van der Waals surface area contributed by atoms with Gasteiger partial charge in [-0.15, -0.1) is 0 Å². The lowest BCUT2D eigenvalue weighted by molar-refractivity contribution is -0.138. The molecule has 0 aliphatic rings. The van der Waals surface area contributed by atoms with Crippen LogP contribution in [0.3, 0.4) is 0 Å². The van der Waals surface area contributed by atoms with Crippen LogP contribution in [0.25, 0.3) is 0 Å². The Balaban J connectivity index is 0. The fourth-order valence-electron chi connectivity index (χ4n) is 5.42. The molecule has 0 amide bonds. The van der Waals surface area contributed by atoms with E-state index in [0.717, 1.165) is 25.7 Å². The first-order chi connectivity index (χ1) is 22.3. The van der Waals surface area contributed by atoms with Gasteiger partial charge in [0.2, 0.25) is 0 Å². The van der Waals surface area contributed by atoms with Crippen LogP contribution in [-0.2, 0) is 9.59 Å². The SMILES string of the molecule is CCCCCCCCCCCCCCCC(=O)O.CCCCCCCCCCCCCCCCCC(=O)O.Nc1ccc(O)cc1. The molecule has 0 aromatic heterocycles. The van der Waals surface area contributed by atoms with Gasteiger partial charge in [0.1, 0.15) is 5.75 Å². The molecule has 0 unspecified atom stereocenters. The minimum atomic E-state index is -0.655. The minimum absolute atomic E-state index is 0.249. The first-order valence-electron chi connectivity index (χ1n) is 19.3. The van der Waals surface area contributed by atoms with Crippen molar-refractivity contribution in [3.05, 3.63) is 24.3 Å². The molecule has 270 valence electrons. The van der Waals surface area contributed by atoms with Gasteiger partial charge in [-0.2, -0.15) is 0 Å². The van der Waals surface area contributed by atoms with Crippen LogP contribution in [-0.4, -0.2) is 27.3 Å². The van der Waals surface area contributed by atoms with Crippen molar-refractivity contribution in [1.29, 1.82) is 0 Å². The number of anilines is 1. The van der Waals surface area contributed by atoms with E-state index in [0.29, 0.717) is 18.5 Å². The molecule has 0 bridgehead atoms. The lowest BCUT2D eigenvalue weighted by Gasteiger charge is -2.03. The molecule has 46 heavy (non-hydrogen) atoms. The van der Waals surface area contributed by atoms with Crippen LogP contribution in [0.1, 0.15) is 206 Å². The summed E-state index contributed by atoms with van der Waals surface area (Å²) in [6.45, 7) is 4.53. The summed E-state index contributed by atoms with van der Waals surface area (Å²) in [7, 11) is 0. The van der Waals surface area contributed by atoms with Gasteiger partial charge in [-0.05, 0) is 37.1 Å². The second-order valence-electron chi connectivity index (χ2n) is 13.1. The number of unbranched alkanes of at least 4 members (excludes halogenated alkanes) is 26. The standard InChI is InChI=1S/C18H36O2.C16H32O2.C6H7NO/c1-2-3-4-5-6-7-8-9-10-11-12-13-14-15-16-17-18(19)20;1-2-3-4-5-6-7-8-9-10-11-12-13-14-15-16(17)18;7-5-1-3-6(8)4-2-5/h2-17H2,1H3,(H,19,20);2-15H2,1H3,(H,17,18);1-4,8H,7H2. The summed E-state index contributed by atoms with van der Waals surface area (Å²) in [5, 5.41) is 25.7. The summed E-state index contributed by atoms with van der Waals surface area (Å²) in [6.07, 6.45) is 37.5. The molecule has 1 aromatic rings. The van der Waals surface area contributed by atoms with Crippen LogP contribution in [0.2, 0.25) is 0 Å². The van der Waals surface area contributed by atoms with E-state index in [-0.39, 0.29) is 5.75 Å². The molecule has 6 nitrogen and oxygen atoms in total. The highest BCUT2D eigenvalue weighted by molar-refractivity contribution is 5.66. The van der Waals surface area contributed by atoms with Crippen molar-refractivity contribution in [3.8, 4) is 5.75 Å². The van der Waals surface area contributed by atoms with Crippen molar-refractivity contribution < 1.29 is 24.9 Å². The van der Waals surface area contributed by atoms with Crippen LogP contribution >= 0.6 is 0 Å². The van der Waals surface area contributed by atoms with Crippen molar-refractivity contribution in [2.75, 3.05) is 5.73 Å². The fourth-order valence-corrected chi connectivity index (χ4v) is 5.42.